The second kappa shape index (κ2) is 3.50. The van der Waals surface area contributed by atoms with Gasteiger partial charge in [-0.1, -0.05) is 0 Å². The molecule has 0 spiro atoms. The van der Waals surface area contributed by atoms with Gasteiger partial charge in [-0.05, 0) is 77.7 Å². The maximum Gasteiger partial charge on any atom is 0.147 e. The molecule has 4 bridgehead atoms. The molecule has 4 unspecified atom stereocenters. The van der Waals surface area contributed by atoms with E-state index in [0.29, 0.717) is 0 Å². The van der Waals surface area contributed by atoms with Gasteiger partial charge in [0.25, 0.3) is 0 Å². The molecule has 24 heavy (non-hydrogen) atoms. The van der Waals surface area contributed by atoms with Crippen LogP contribution >= 0.6 is 0 Å². The Bertz CT molecular complexity index is 749. The molecular weight excluding hydrogens is 300 g/mol. The number of nitrogens with zero attached hydrogens (tertiary/aromatic N) is 2. The van der Waals surface area contributed by atoms with Crippen molar-refractivity contribution in [3.8, 4) is 12.1 Å². The van der Waals surface area contributed by atoms with Crippen molar-refractivity contribution in [3.05, 3.63) is 22.3 Å². The Morgan fingerprint density at radius 3 is 0.958 bits per heavy atom. The molecule has 4 aliphatic heterocycles. The van der Waals surface area contributed by atoms with E-state index in [-0.39, 0.29) is 0 Å². The van der Waals surface area contributed by atoms with E-state index in [4.69, 9.17) is 9.47 Å². The number of fused-ring (bicyclic) bond motifs is 9. The molecule has 0 aromatic heterocycles. The monoisotopic (exact) mass is 324 g/mol. The fourth-order valence-electron chi connectivity index (χ4n) is 6.92. The van der Waals surface area contributed by atoms with Crippen molar-refractivity contribution in [2.24, 2.45) is 10.8 Å². The Labute approximate surface area is 143 Å². The van der Waals surface area contributed by atoms with Crippen LogP contribution in [0.25, 0.3) is 0 Å². The second-order valence-electron chi connectivity index (χ2n) is 8.56. The third-order valence-electron chi connectivity index (χ3n) is 8.56. The highest BCUT2D eigenvalue weighted by molar-refractivity contribution is 5.65. The minimum absolute atomic E-state index is 0.842. The largest absolute Gasteiger partial charge is 0.357 e. The first-order valence-electron chi connectivity index (χ1n) is 8.51. The average Bonchev–Trinajstić information content (AvgIpc) is 3.01. The van der Waals surface area contributed by atoms with Gasteiger partial charge in [-0.15, -0.1) is 0 Å². The lowest BCUT2D eigenvalue weighted by Gasteiger charge is -2.55. The first-order chi connectivity index (χ1) is 10.9. The topological polar surface area (TPSA) is 66.0 Å². The quantitative estimate of drug-likeness (QED) is 0.636. The minimum atomic E-state index is -1.08. The van der Waals surface area contributed by atoms with Crippen LogP contribution in [-0.2, 0) is 9.47 Å². The van der Waals surface area contributed by atoms with Crippen LogP contribution in [0.5, 0.6) is 0 Å². The number of hydrogen-bond donors (Lipinski definition) is 0. The van der Waals surface area contributed by atoms with Gasteiger partial charge in [0.15, 0.2) is 0 Å². The first-order valence-corrected chi connectivity index (χ1v) is 8.51. The zero-order chi connectivity index (χ0) is 18.1. The molecular formula is C20H24N2O2. The molecule has 4 rings (SSSR count). The smallest absolute Gasteiger partial charge is 0.147 e. The van der Waals surface area contributed by atoms with Crippen LogP contribution in [0.3, 0.4) is 0 Å². The molecule has 4 nitrogen and oxygen atoms in total. The number of hydrogen-bond acceptors (Lipinski definition) is 4. The fourth-order valence-corrected chi connectivity index (χ4v) is 6.92. The van der Waals surface area contributed by atoms with Crippen molar-refractivity contribution >= 4 is 0 Å². The molecule has 2 fully saturated rings. The summed E-state index contributed by atoms with van der Waals surface area (Å²) in [6, 6.07) is 5.17. The molecule has 0 aromatic rings. The maximum absolute atomic E-state index is 10.5. The summed E-state index contributed by atoms with van der Waals surface area (Å²) in [5.41, 5.74) is -1.30. The van der Waals surface area contributed by atoms with Gasteiger partial charge >= 0.3 is 0 Å². The Morgan fingerprint density at radius 2 is 0.792 bits per heavy atom. The highest BCUT2D eigenvalue weighted by Crippen LogP contribution is 2.85. The van der Waals surface area contributed by atoms with Crippen LogP contribution in [0, 0.1) is 33.5 Å². The van der Waals surface area contributed by atoms with Gasteiger partial charge in [0.2, 0.25) is 0 Å². The van der Waals surface area contributed by atoms with E-state index >= 15 is 0 Å². The summed E-state index contributed by atoms with van der Waals surface area (Å²) in [5.74, 6) is 0. The van der Waals surface area contributed by atoms with E-state index in [2.05, 4.69) is 12.1 Å². The highest BCUT2D eigenvalue weighted by atomic mass is 16.6. The molecule has 0 amide bonds. The molecule has 0 radical (unpaired) electrons. The van der Waals surface area contributed by atoms with Crippen LogP contribution in [-0.4, -0.2) is 22.4 Å². The van der Waals surface area contributed by atoms with Crippen LogP contribution in [0.4, 0.5) is 0 Å². The van der Waals surface area contributed by atoms with Gasteiger partial charge in [-0.3, -0.25) is 0 Å². The van der Waals surface area contributed by atoms with Crippen LogP contribution in [0.1, 0.15) is 55.4 Å². The van der Waals surface area contributed by atoms with Crippen molar-refractivity contribution in [2.75, 3.05) is 0 Å². The van der Waals surface area contributed by atoms with Gasteiger partial charge in [0.05, 0.1) is 12.1 Å². The molecule has 4 heterocycles. The third-order valence-corrected chi connectivity index (χ3v) is 8.56. The van der Waals surface area contributed by atoms with Crippen molar-refractivity contribution < 1.29 is 9.47 Å². The normalized spacial score (nSPS) is 57.4. The molecule has 0 aromatic carbocycles. The van der Waals surface area contributed by atoms with E-state index in [0.717, 1.165) is 22.3 Å². The summed E-state index contributed by atoms with van der Waals surface area (Å²) in [5, 5.41) is 21.1. The standard InChI is InChI=1S/C20H24N2O2/c1-11-12(2)16(6)20(10-22)18(8)14(4)13(3)17(7,24-18)19(20,9-21)15(11,5)23-16/h1-8H3. The highest BCUT2D eigenvalue weighted by Gasteiger charge is 2.96. The molecule has 0 aliphatic carbocycles. The summed E-state index contributed by atoms with van der Waals surface area (Å²) < 4.78 is 13.2. The molecule has 0 saturated carbocycles. The van der Waals surface area contributed by atoms with Crippen LogP contribution in [0.15, 0.2) is 22.3 Å². The Morgan fingerprint density at radius 1 is 0.583 bits per heavy atom. The van der Waals surface area contributed by atoms with Crippen molar-refractivity contribution in [2.45, 2.75) is 77.8 Å². The summed E-state index contributed by atoms with van der Waals surface area (Å²) in [4.78, 5) is 0. The molecule has 126 valence electrons. The van der Waals surface area contributed by atoms with Gasteiger partial charge in [0, 0.05) is 0 Å². The van der Waals surface area contributed by atoms with E-state index in [1.165, 1.54) is 0 Å². The minimum Gasteiger partial charge on any atom is -0.357 e. The third kappa shape index (κ3) is 0.878. The molecule has 4 atom stereocenters. The lowest BCUT2D eigenvalue weighted by Crippen LogP contribution is -2.68. The molecule has 0 N–H and O–H groups in total. The Hall–Kier alpha value is -1.62. The Balaban J connectivity index is 2.28. The lowest BCUT2D eigenvalue weighted by molar-refractivity contribution is -0.137. The lowest BCUT2D eigenvalue weighted by atomic mass is 9.38. The van der Waals surface area contributed by atoms with Gasteiger partial charge in [-0.25, -0.2) is 0 Å². The predicted octanol–water partition coefficient (Wildman–Crippen LogP) is 3.80. The first kappa shape index (κ1) is 15.9. The van der Waals surface area contributed by atoms with Crippen LogP contribution in [0.2, 0.25) is 0 Å². The zero-order valence-corrected chi connectivity index (χ0v) is 15.7. The van der Waals surface area contributed by atoms with E-state index in [1.807, 2.05) is 55.4 Å². The van der Waals surface area contributed by atoms with E-state index in [9.17, 15) is 10.5 Å². The zero-order valence-electron chi connectivity index (χ0n) is 15.7. The number of ether oxygens (including phenoxy) is 2. The fraction of sp³-hybridized carbons (Fsp3) is 0.700. The van der Waals surface area contributed by atoms with E-state index < -0.39 is 33.2 Å². The van der Waals surface area contributed by atoms with Crippen molar-refractivity contribution in [1.82, 2.24) is 0 Å². The SMILES string of the molecule is CC1=C(C)C2(C)OC1(C)C1(C#N)C3(C)OC(C)(C(C)=C3C)C21C#N. The number of nitriles is 2. The van der Waals surface area contributed by atoms with Gasteiger partial charge < -0.3 is 9.47 Å². The van der Waals surface area contributed by atoms with Crippen molar-refractivity contribution in [1.29, 1.82) is 10.5 Å². The maximum atomic E-state index is 10.5. The summed E-state index contributed by atoms with van der Waals surface area (Å²) in [7, 11) is 0. The summed E-state index contributed by atoms with van der Waals surface area (Å²) >= 11 is 0. The molecule has 4 aliphatic rings. The van der Waals surface area contributed by atoms with Crippen LogP contribution < -0.4 is 0 Å². The average molecular weight is 324 g/mol. The molecule has 4 heteroatoms. The summed E-state index contributed by atoms with van der Waals surface area (Å²) in [6.07, 6.45) is 0. The second-order valence-corrected chi connectivity index (χ2v) is 8.56. The predicted molar refractivity (Wildman–Crippen MR) is 88.6 cm³/mol. The van der Waals surface area contributed by atoms with Crippen molar-refractivity contribution in [3.63, 3.8) is 0 Å². The molecule has 2 saturated heterocycles. The Kier molecular flexibility index (Phi) is 2.32. The van der Waals surface area contributed by atoms with E-state index in [1.54, 1.807) is 0 Å². The summed E-state index contributed by atoms with van der Waals surface area (Å²) in [6.45, 7) is 16.0. The van der Waals surface area contributed by atoms with Gasteiger partial charge in [0.1, 0.15) is 33.2 Å². The number of rotatable bonds is 0. The van der Waals surface area contributed by atoms with Gasteiger partial charge in [-0.2, -0.15) is 10.5 Å².